The summed E-state index contributed by atoms with van der Waals surface area (Å²) < 4.78 is 1.55. The summed E-state index contributed by atoms with van der Waals surface area (Å²) in [5.74, 6) is -1.22. The number of imide groups is 1. The Hall–Kier alpha value is -7.19. The highest BCUT2D eigenvalue weighted by Crippen LogP contribution is 2.39. The molecule has 5 amide bonds. The number of benzene rings is 4. The molecule has 3 aliphatic heterocycles. The zero-order chi connectivity index (χ0) is 51.1. The molecular formula is C58H68N8O6. The standard InChI is InChI=1S/C58H68N8O6/c1-38-44(16-14-18-46(38)61-53(68)41-24-26-43(27-25-41)58(3,4)5)49-37-63(6)56(71)48(60-49)36-40-20-22-42(23-21-40)55(70)65-34-32-64(33-35-65)31-13-11-9-7-8-10-12-30-59-47-19-15-17-45-39(2)66(57(72)52(45)47)50-28-29-51(67)62-54(50)69/h14-27,37,50,59H,2,7-13,28-36H2,1,3-6H3,(H,61,68)(H,62,67,69). The second-order valence-corrected chi connectivity index (χ2v) is 20.5. The number of fused-ring (bicyclic) bond motifs is 1. The molecule has 72 heavy (non-hydrogen) atoms. The number of aryl methyl sites for hydroxylation is 1. The fourth-order valence-electron chi connectivity index (χ4n) is 9.96. The van der Waals surface area contributed by atoms with Gasteiger partial charge in [-0.1, -0.05) is 108 Å². The number of anilines is 2. The minimum atomic E-state index is -0.737. The lowest BCUT2D eigenvalue weighted by Gasteiger charge is -2.34. The van der Waals surface area contributed by atoms with Gasteiger partial charge in [0.1, 0.15) is 11.7 Å². The second kappa shape index (κ2) is 22.5. The highest BCUT2D eigenvalue weighted by Gasteiger charge is 2.42. The van der Waals surface area contributed by atoms with Gasteiger partial charge in [-0.2, -0.15) is 0 Å². The fourth-order valence-corrected chi connectivity index (χ4v) is 9.96. The molecule has 2 saturated heterocycles. The molecule has 1 aromatic heterocycles. The fraction of sp³-hybridized carbons (Fsp3) is 0.397. The van der Waals surface area contributed by atoms with Crippen molar-refractivity contribution in [3.05, 3.63) is 153 Å². The predicted molar refractivity (Wildman–Crippen MR) is 283 cm³/mol. The number of aromatic nitrogens is 2. The van der Waals surface area contributed by atoms with E-state index in [-0.39, 0.29) is 47.4 Å². The van der Waals surface area contributed by atoms with E-state index in [2.05, 4.69) is 48.2 Å². The molecule has 376 valence electrons. The zero-order valence-electron chi connectivity index (χ0n) is 42.4. The van der Waals surface area contributed by atoms with Gasteiger partial charge in [-0.25, -0.2) is 4.98 Å². The van der Waals surface area contributed by atoms with Gasteiger partial charge in [0.25, 0.3) is 23.3 Å². The van der Waals surface area contributed by atoms with Crippen LogP contribution in [0.4, 0.5) is 11.4 Å². The SMILES string of the molecule is C=C1c2cccc(NCCCCCCCCCN3CCN(C(=O)c4ccc(Cc5nc(-c6cccc(NC(=O)c7ccc(C(C)(C)C)cc7)c6C)cn(C)c5=O)cc4)CC3)c2C(=O)N1C1CCC(=O)NC1=O. The summed E-state index contributed by atoms with van der Waals surface area (Å²) in [7, 11) is 1.72. The van der Waals surface area contributed by atoms with Crippen LogP contribution in [0, 0.1) is 6.92 Å². The molecule has 1 unspecified atom stereocenters. The van der Waals surface area contributed by atoms with Crippen molar-refractivity contribution >= 4 is 46.6 Å². The Bertz CT molecular complexity index is 2910. The lowest BCUT2D eigenvalue weighted by molar-refractivity contribution is -0.136. The number of unbranched alkanes of at least 4 members (excludes halogenated alkanes) is 6. The molecule has 0 radical (unpaired) electrons. The number of nitrogens with zero attached hydrogens (tertiary/aromatic N) is 5. The maximum atomic E-state index is 13.6. The summed E-state index contributed by atoms with van der Waals surface area (Å²) in [6, 6.07) is 25.8. The number of hydrogen-bond acceptors (Lipinski definition) is 9. The van der Waals surface area contributed by atoms with Crippen LogP contribution in [0.15, 0.2) is 102 Å². The van der Waals surface area contributed by atoms with Gasteiger partial charge in [-0.15, -0.1) is 0 Å². The molecule has 3 N–H and O–H groups in total. The second-order valence-electron chi connectivity index (χ2n) is 20.5. The summed E-state index contributed by atoms with van der Waals surface area (Å²) in [6.45, 7) is 17.3. The number of hydrogen-bond donors (Lipinski definition) is 3. The van der Waals surface area contributed by atoms with Crippen molar-refractivity contribution in [1.82, 2.24) is 29.6 Å². The van der Waals surface area contributed by atoms with Crippen molar-refractivity contribution in [2.45, 2.75) is 103 Å². The number of piperazine rings is 1. The van der Waals surface area contributed by atoms with E-state index in [4.69, 9.17) is 4.98 Å². The van der Waals surface area contributed by atoms with Crippen LogP contribution < -0.4 is 21.5 Å². The van der Waals surface area contributed by atoms with Crippen LogP contribution >= 0.6 is 0 Å². The Balaban J connectivity index is 0.731. The Labute approximate surface area is 422 Å². The minimum absolute atomic E-state index is 0.0121. The molecule has 8 rings (SSSR count). The summed E-state index contributed by atoms with van der Waals surface area (Å²) >= 11 is 0. The van der Waals surface area contributed by atoms with E-state index in [1.54, 1.807) is 17.8 Å². The maximum Gasteiger partial charge on any atom is 0.272 e. The third kappa shape index (κ3) is 11.8. The van der Waals surface area contributed by atoms with E-state index in [0.717, 1.165) is 85.4 Å². The molecule has 14 heteroatoms. The molecule has 2 fully saturated rings. The number of carbonyl (C=O) groups excluding carboxylic acids is 5. The van der Waals surface area contributed by atoms with E-state index in [1.165, 1.54) is 24.2 Å². The van der Waals surface area contributed by atoms with Gasteiger partial charge in [0, 0.05) is 98.1 Å². The van der Waals surface area contributed by atoms with Crippen LogP contribution in [0.2, 0.25) is 0 Å². The Kier molecular flexibility index (Phi) is 16.0. The Morgan fingerprint density at radius 3 is 2.10 bits per heavy atom. The maximum absolute atomic E-state index is 13.6. The van der Waals surface area contributed by atoms with Crippen LogP contribution in [0.5, 0.6) is 0 Å². The van der Waals surface area contributed by atoms with Gasteiger partial charge in [0.15, 0.2) is 0 Å². The lowest BCUT2D eigenvalue weighted by atomic mass is 9.86. The molecule has 3 aliphatic rings. The monoisotopic (exact) mass is 973 g/mol. The molecule has 4 heterocycles. The van der Waals surface area contributed by atoms with E-state index >= 15 is 0 Å². The summed E-state index contributed by atoms with van der Waals surface area (Å²) in [5, 5.41) is 8.85. The average molecular weight is 973 g/mol. The van der Waals surface area contributed by atoms with E-state index < -0.39 is 11.9 Å². The average Bonchev–Trinajstić information content (AvgIpc) is 3.62. The van der Waals surface area contributed by atoms with E-state index in [9.17, 15) is 28.8 Å². The van der Waals surface area contributed by atoms with Crippen LogP contribution in [-0.2, 0) is 28.5 Å². The molecule has 0 spiro atoms. The summed E-state index contributed by atoms with van der Waals surface area (Å²) in [6.07, 6.45) is 10.4. The first-order valence-corrected chi connectivity index (χ1v) is 25.5. The van der Waals surface area contributed by atoms with Crippen LogP contribution in [0.3, 0.4) is 0 Å². The number of carbonyl (C=O) groups is 5. The third-order valence-corrected chi connectivity index (χ3v) is 14.3. The van der Waals surface area contributed by atoms with Gasteiger partial charge in [-0.3, -0.25) is 43.9 Å². The van der Waals surface area contributed by atoms with Crippen LogP contribution in [0.25, 0.3) is 17.0 Å². The normalized spacial score (nSPS) is 16.2. The van der Waals surface area contributed by atoms with Crippen molar-refractivity contribution < 1.29 is 24.0 Å². The molecule has 0 bridgehead atoms. The lowest BCUT2D eigenvalue weighted by Crippen LogP contribution is -2.52. The smallest absolute Gasteiger partial charge is 0.272 e. The molecule has 5 aromatic rings. The highest BCUT2D eigenvalue weighted by atomic mass is 16.2. The van der Waals surface area contributed by atoms with Gasteiger partial charge in [0.2, 0.25) is 11.8 Å². The molecular weight excluding hydrogens is 905 g/mol. The first-order chi connectivity index (χ1) is 34.6. The van der Waals surface area contributed by atoms with E-state index in [1.807, 2.05) is 96.8 Å². The van der Waals surface area contributed by atoms with Crippen molar-refractivity contribution in [2.75, 3.05) is 49.9 Å². The quantitative estimate of drug-likeness (QED) is 0.0575. The molecule has 0 aliphatic carbocycles. The largest absolute Gasteiger partial charge is 0.384 e. The van der Waals surface area contributed by atoms with Gasteiger partial charge < -0.3 is 20.1 Å². The summed E-state index contributed by atoms with van der Waals surface area (Å²) in [5.41, 5.74) is 8.87. The van der Waals surface area contributed by atoms with Crippen molar-refractivity contribution in [3.63, 3.8) is 0 Å². The first kappa shape index (κ1) is 51.2. The van der Waals surface area contributed by atoms with Crippen LogP contribution in [-0.4, -0.2) is 99.1 Å². The highest BCUT2D eigenvalue weighted by molar-refractivity contribution is 6.15. The molecule has 1 atom stereocenters. The van der Waals surface area contributed by atoms with Crippen LogP contribution in [0.1, 0.15) is 138 Å². The number of nitrogens with one attached hydrogen (secondary N) is 3. The van der Waals surface area contributed by atoms with Gasteiger partial charge >= 0.3 is 0 Å². The molecule has 4 aromatic carbocycles. The number of piperidine rings is 1. The summed E-state index contributed by atoms with van der Waals surface area (Å²) in [4.78, 5) is 88.5. The number of rotatable bonds is 18. The third-order valence-electron chi connectivity index (χ3n) is 14.3. The Morgan fingerprint density at radius 1 is 0.778 bits per heavy atom. The number of amides is 5. The topological polar surface area (TPSA) is 166 Å². The predicted octanol–water partition coefficient (Wildman–Crippen LogP) is 8.73. The van der Waals surface area contributed by atoms with E-state index in [0.29, 0.717) is 59.0 Å². The zero-order valence-corrected chi connectivity index (χ0v) is 42.4. The minimum Gasteiger partial charge on any atom is -0.384 e. The van der Waals surface area contributed by atoms with Gasteiger partial charge in [0.05, 0.1) is 11.3 Å². The van der Waals surface area contributed by atoms with Crippen molar-refractivity contribution in [2.24, 2.45) is 7.05 Å². The molecule has 14 nitrogen and oxygen atoms in total. The van der Waals surface area contributed by atoms with Crippen molar-refractivity contribution in [1.29, 1.82) is 0 Å². The first-order valence-electron chi connectivity index (χ1n) is 25.5. The van der Waals surface area contributed by atoms with Gasteiger partial charge in [-0.05, 0) is 91.2 Å². The molecule has 0 saturated carbocycles. The van der Waals surface area contributed by atoms with Crippen molar-refractivity contribution in [3.8, 4) is 11.3 Å². The Morgan fingerprint density at radius 2 is 1.42 bits per heavy atom.